The molecule has 0 unspecified atom stereocenters. The molecular formula is C22H26N4O3. The number of benzene rings is 1. The number of anilines is 1. The molecule has 1 fully saturated rings. The summed E-state index contributed by atoms with van der Waals surface area (Å²) in [7, 11) is 1.47. The van der Waals surface area contributed by atoms with Gasteiger partial charge in [-0.3, -0.25) is 4.79 Å². The Labute approximate surface area is 169 Å². The lowest BCUT2D eigenvalue weighted by Crippen LogP contribution is -2.23. The van der Waals surface area contributed by atoms with Gasteiger partial charge >= 0.3 is 0 Å². The average molecular weight is 394 g/mol. The number of aryl methyl sites for hydroxylation is 1. The van der Waals surface area contributed by atoms with Crippen molar-refractivity contribution < 1.29 is 14.6 Å². The number of aromatic nitrogens is 3. The Morgan fingerprint density at radius 1 is 1.28 bits per heavy atom. The van der Waals surface area contributed by atoms with E-state index in [0.29, 0.717) is 22.9 Å². The topological polar surface area (TPSA) is 89.3 Å². The summed E-state index contributed by atoms with van der Waals surface area (Å²) < 4.78 is 7.04. The van der Waals surface area contributed by atoms with Crippen LogP contribution in [0, 0.1) is 6.92 Å². The van der Waals surface area contributed by atoms with Crippen LogP contribution in [0.5, 0.6) is 11.5 Å². The molecule has 0 radical (unpaired) electrons. The van der Waals surface area contributed by atoms with Gasteiger partial charge in [-0.1, -0.05) is 0 Å². The summed E-state index contributed by atoms with van der Waals surface area (Å²) in [5.41, 5.74) is 3.32. The Balaban J connectivity index is 1.82. The van der Waals surface area contributed by atoms with Crippen LogP contribution < -0.4 is 10.1 Å². The van der Waals surface area contributed by atoms with Gasteiger partial charge in [-0.2, -0.15) is 5.10 Å². The first-order valence-corrected chi connectivity index (χ1v) is 9.78. The van der Waals surface area contributed by atoms with Crippen LogP contribution in [-0.2, 0) is 5.54 Å². The van der Waals surface area contributed by atoms with Gasteiger partial charge in [-0.15, -0.1) is 0 Å². The van der Waals surface area contributed by atoms with Gasteiger partial charge in [0.15, 0.2) is 17.1 Å². The maximum Gasteiger partial charge on any atom is 0.256 e. The molecule has 1 aliphatic carbocycles. The summed E-state index contributed by atoms with van der Waals surface area (Å²) in [6.07, 6.45) is 2.19. The van der Waals surface area contributed by atoms with Gasteiger partial charge in [0.2, 0.25) is 0 Å². The monoisotopic (exact) mass is 394 g/mol. The zero-order valence-corrected chi connectivity index (χ0v) is 17.4. The van der Waals surface area contributed by atoms with Gasteiger partial charge in [-0.25, -0.2) is 9.67 Å². The number of amides is 1. The van der Waals surface area contributed by atoms with Gasteiger partial charge in [0.1, 0.15) is 0 Å². The highest BCUT2D eigenvalue weighted by atomic mass is 16.5. The fourth-order valence-corrected chi connectivity index (χ4v) is 3.50. The number of fused-ring (bicyclic) bond motifs is 1. The lowest BCUT2D eigenvalue weighted by molar-refractivity contribution is 0.102. The molecule has 0 aliphatic heterocycles. The second-order valence-corrected chi connectivity index (χ2v) is 8.58. The van der Waals surface area contributed by atoms with E-state index in [9.17, 15) is 9.90 Å². The number of pyridine rings is 1. The van der Waals surface area contributed by atoms with Crippen molar-refractivity contribution in [3.05, 3.63) is 41.2 Å². The van der Waals surface area contributed by atoms with Crippen molar-refractivity contribution in [3.63, 3.8) is 0 Å². The molecule has 1 saturated carbocycles. The molecule has 3 aromatic rings. The highest BCUT2D eigenvalue weighted by Gasteiger charge is 2.30. The second-order valence-electron chi connectivity index (χ2n) is 8.58. The average Bonchev–Trinajstić information content (AvgIpc) is 3.45. The summed E-state index contributed by atoms with van der Waals surface area (Å²) in [6.45, 7) is 8.13. The smallest absolute Gasteiger partial charge is 0.256 e. The van der Waals surface area contributed by atoms with Crippen LogP contribution in [0.25, 0.3) is 11.0 Å². The summed E-state index contributed by atoms with van der Waals surface area (Å²) >= 11 is 0. The molecule has 29 heavy (non-hydrogen) atoms. The third-order valence-electron chi connectivity index (χ3n) is 5.15. The molecule has 1 aromatic carbocycles. The van der Waals surface area contributed by atoms with Crippen LogP contribution >= 0.6 is 0 Å². The van der Waals surface area contributed by atoms with E-state index >= 15 is 0 Å². The standard InChI is InChI=1S/C22H26N4O3/c1-12-19-15(21(28)23-14-8-9-17(27)18(10-14)29-5)11-16(13-6-7-13)24-20(19)26(25-12)22(2,3)4/h8-11,13,27H,6-7H2,1-5H3,(H,23,28). The van der Waals surface area contributed by atoms with Crippen molar-refractivity contribution in [2.45, 2.75) is 52.0 Å². The number of phenols is 1. The maximum absolute atomic E-state index is 13.2. The number of rotatable bonds is 4. The Kier molecular flexibility index (Phi) is 4.48. The molecule has 0 bridgehead atoms. The molecule has 7 nitrogen and oxygen atoms in total. The molecule has 1 aliphatic rings. The van der Waals surface area contributed by atoms with E-state index in [2.05, 4.69) is 26.1 Å². The molecule has 2 N–H and O–H groups in total. The van der Waals surface area contributed by atoms with Crippen LogP contribution in [0.4, 0.5) is 5.69 Å². The second kappa shape index (κ2) is 6.76. The Hall–Kier alpha value is -3.09. The third-order valence-corrected chi connectivity index (χ3v) is 5.15. The predicted octanol–water partition coefficient (Wildman–Crippen LogP) is 4.34. The highest BCUT2D eigenvalue weighted by Crippen LogP contribution is 2.41. The fraction of sp³-hybridized carbons (Fsp3) is 0.409. The molecular weight excluding hydrogens is 368 g/mol. The number of hydrogen-bond acceptors (Lipinski definition) is 5. The first kappa shape index (κ1) is 19.2. The molecule has 7 heteroatoms. The SMILES string of the molecule is COc1cc(NC(=O)c2cc(C3CC3)nc3c2c(C)nn3C(C)(C)C)ccc1O. The number of carbonyl (C=O) groups excluding carboxylic acids is 1. The van der Waals surface area contributed by atoms with Crippen LogP contribution in [0.3, 0.4) is 0 Å². The lowest BCUT2D eigenvalue weighted by atomic mass is 10.1. The summed E-state index contributed by atoms with van der Waals surface area (Å²) in [5.74, 6) is 0.500. The van der Waals surface area contributed by atoms with E-state index in [-0.39, 0.29) is 17.2 Å². The minimum absolute atomic E-state index is 0.0233. The number of ether oxygens (including phenoxy) is 1. The van der Waals surface area contributed by atoms with Crippen molar-refractivity contribution in [2.24, 2.45) is 0 Å². The van der Waals surface area contributed by atoms with E-state index in [1.54, 1.807) is 12.1 Å². The number of aromatic hydroxyl groups is 1. The minimum atomic E-state index is -0.250. The van der Waals surface area contributed by atoms with Gasteiger partial charge in [0.25, 0.3) is 5.91 Å². The first-order chi connectivity index (χ1) is 13.7. The number of carbonyl (C=O) groups is 1. The molecule has 4 rings (SSSR count). The lowest BCUT2D eigenvalue weighted by Gasteiger charge is -2.20. The van der Waals surface area contributed by atoms with Crippen molar-refractivity contribution in [3.8, 4) is 11.5 Å². The van der Waals surface area contributed by atoms with Gasteiger partial charge in [-0.05, 0) is 58.7 Å². The van der Waals surface area contributed by atoms with Crippen LogP contribution in [0.2, 0.25) is 0 Å². The zero-order valence-electron chi connectivity index (χ0n) is 17.4. The zero-order chi connectivity index (χ0) is 20.9. The van der Waals surface area contributed by atoms with Crippen molar-refractivity contribution in [2.75, 3.05) is 12.4 Å². The molecule has 1 amide bonds. The first-order valence-electron chi connectivity index (χ1n) is 9.78. The summed E-state index contributed by atoms with van der Waals surface area (Å²) in [4.78, 5) is 18.1. The predicted molar refractivity (Wildman–Crippen MR) is 112 cm³/mol. The molecule has 0 spiro atoms. The van der Waals surface area contributed by atoms with Gasteiger partial charge in [0, 0.05) is 23.4 Å². The Bertz CT molecular complexity index is 1110. The minimum Gasteiger partial charge on any atom is -0.504 e. The van der Waals surface area contributed by atoms with E-state index < -0.39 is 0 Å². The number of phenolic OH excluding ortho intramolecular Hbond substituents is 1. The van der Waals surface area contributed by atoms with Crippen molar-refractivity contribution in [1.82, 2.24) is 14.8 Å². The van der Waals surface area contributed by atoms with E-state index in [1.165, 1.54) is 13.2 Å². The fourth-order valence-electron chi connectivity index (χ4n) is 3.50. The van der Waals surface area contributed by atoms with Crippen molar-refractivity contribution >= 4 is 22.6 Å². The molecule has 0 saturated heterocycles. The number of nitrogens with one attached hydrogen (secondary N) is 1. The van der Waals surface area contributed by atoms with Crippen LogP contribution in [0.15, 0.2) is 24.3 Å². The van der Waals surface area contributed by atoms with Crippen LogP contribution in [0.1, 0.15) is 61.3 Å². The van der Waals surface area contributed by atoms with E-state index in [0.717, 1.165) is 35.3 Å². The summed E-state index contributed by atoms with van der Waals surface area (Å²) in [5, 5.41) is 18.2. The third kappa shape index (κ3) is 3.52. The molecule has 2 aromatic heterocycles. The van der Waals surface area contributed by atoms with E-state index in [1.807, 2.05) is 17.7 Å². The quantitative estimate of drug-likeness (QED) is 0.643. The Morgan fingerprint density at radius 3 is 2.62 bits per heavy atom. The molecule has 0 atom stereocenters. The normalized spacial score (nSPS) is 14.2. The maximum atomic E-state index is 13.2. The number of hydrogen-bond donors (Lipinski definition) is 2. The molecule has 152 valence electrons. The summed E-state index contributed by atoms with van der Waals surface area (Å²) in [6, 6.07) is 6.63. The highest BCUT2D eigenvalue weighted by molar-refractivity contribution is 6.12. The Morgan fingerprint density at radius 2 is 2.00 bits per heavy atom. The number of methoxy groups -OCH3 is 1. The van der Waals surface area contributed by atoms with Crippen molar-refractivity contribution in [1.29, 1.82) is 0 Å². The van der Waals surface area contributed by atoms with Gasteiger partial charge < -0.3 is 15.2 Å². The largest absolute Gasteiger partial charge is 0.504 e. The number of nitrogens with zero attached hydrogens (tertiary/aromatic N) is 3. The van der Waals surface area contributed by atoms with Crippen LogP contribution in [-0.4, -0.2) is 32.9 Å². The van der Waals surface area contributed by atoms with Gasteiger partial charge in [0.05, 0.1) is 29.3 Å². The molecule has 2 heterocycles. The van der Waals surface area contributed by atoms with E-state index in [4.69, 9.17) is 14.8 Å².